The fourth-order valence-electron chi connectivity index (χ4n) is 2.15. The van der Waals surface area contributed by atoms with Crippen molar-refractivity contribution >= 4 is 5.82 Å². The molecule has 0 aliphatic heterocycles. The number of rotatable bonds is 5. The summed E-state index contributed by atoms with van der Waals surface area (Å²) < 4.78 is 5.18. The van der Waals surface area contributed by atoms with Crippen molar-refractivity contribution in [3.63, 3.8) is 0 Å². The van der Waals surface area contributed by atoms with Crippen molar-refractivity contribution in [3.8, 4) is 17.1 Å². The smallest absolute Gasteiger partial charge is 0.213 e. The fraction of sp³-hybridized carbons (Fsp3) is 0.400. The Labute approximate surface area is 119 Å². The molecule has 2 aromatic rings. The van der Waals surface area contributed by atoms with Crippen LogP contribution in [0.15, 0.2) is 24.7 Å². The first-order chi connectivity index (χ1) is 9.67. The molecule has 5 nitrogen and oxygen atoms in total. The summed E-state index contributed by atoms with van der Waals surface area (Å²) >= 11 is 0. The number of nitrogens with zero attached hydrogens (tertiary/aromatic N) is 3. The Morgan fingerprint density at radius 3 is 2.70 bits per heavy atom. The van der Waals surface area contributed by atoms with E-state index in [0.717, 1.165) is 29.2 Å². The fourth-order valence-corrected chi connectivity index (χ4v) is 2.15. The third-order valence-corrected chi connectivity index (χ3v) is 3.02. The van der Waals surface area contributed by atoms with Crippen molar-refractivity contribution in [2.24, 2.45) is 0 Å². The molecule has 0 saturated heterocycles. The lowest BCUT2D eigenvalue weighted by Gasteiger charge is -2.16. The molecule has 20 heavy (non-hydrogen) atoms. The van der Waals surface area contributed by atoms with E-state index in [1.165, 1.54) is 0 Å². The maximum Gasteiger partial charge on any atom is 0.213 e. The van der Waals surface area contributed by atoms with Crippen LogP contribution in [0.5, 0.6) is 5.88 Å². The summed E-state index contributed by atoms with van der Waals surface area (Å²) in [5.74, 6) is 1.79. The van der Waals surface area contributed by atoms with Crippen molar-refractivity contribution in [2.75, 3.05) is 19.0 Å². The summed E-state index contributed by atoms with van der Waals surface area (Å²) in [5, 5.41) is 3.30. The number of aromatic nitrogens is 3. The summed E-state index contributed by atoms with van der Waals surface area (Å²) in [7, 11) is 1.61. The zero-order chi connectivity index (χ0) is 14.5. The van der Waals surface area contributed by atoms with Crippen molar-refractivity contribution in [1.29, 1.82) is 0 Å². The molecule has 0 unspecified atom stereocenters. The van der Waals surface area contributed by atoms with E-state index in [4.69, 9.17) is 4.74 Å². The molecular weight excluding hydrogens is 252 g/mol. The van der Waals surface area contributed by atoms with Gasteiger partial charge in [-0.05, 0) is 18.9 Å². The van der Waals surface area contributed by atoms with Crippen LogP contribution >= 0.6 is 0 Å². The largest absolute Gasteiger partial charge is 0.481 e. The van der Waals surface area contributed by atoms with Crippen LogP contribution in [0, 0.1) is 0 Å². The van der Waals surface area contributed by atoms with Gasteiger partial charge in [0, 0.05) is 29.9 Å². The van der Waals surface area contributed by atoms with Crippen LogP contribution in [-0.2, 0) is 0 Å². The predicted molar refractivity (Wildman–Crippen MR) is 80.1 cm³/mol. The predicted octanol–water partition coefficient (Wildman–Crippen LogP) is 3.10. The summed E-state index contributed by atoms with van der Waals surface area (Å²) in [5.41, 5.74) is 3.02. The van der Waals surface area contributed by atoms with Crippen LogP contribution in [0.4, 0.5) is 5.82 Å². The standard InChI is InChI=1S/C15H20N4O/c1-5-16-15-13(10(2)3)14(18-9-19-15)11-6-7-17-12(8-11)20-4/h6-10H,5H2,1-4H3,(H,16,18,19). The highest BCUT2D eigenvalue weighted by Crippen LogP contribution is 2.32. The van der Waals surface area contributed by atoms with Gasteiger partial charge in [-0.25, -0.2) is 15.0 Å². The second-order valence-corrected chi connectivity index (χ2v) is 4.76. The summed E-state index contributed by atoms with van der Waals surface area (Å²) in [4.78, 5) is 12.9. The van der Waals surface area contributed by atoms with E-state index in [-0.39, 0.29) is 0 Å². The molecular formula is C15H20N4O. The topological polar surface area (TPSA) is 59.9 Å². The Morgan fingerprint density at radius 1 is 1.25 bits per heavy atom. The maximum absolute atomic E-state index is 5.18. The molecule has 0 saturated carbocycles. The van der Waals surface area contributed by atoms with Crippen molar-refractivity contribution in [1.82, 2.24) is 15.0 Å². The minimum Gasteiger partial charge on any atom is -0.481 e. The van der Waals surface area contributed by atoms with Gasteiger partial charge in [0.05, 0.1) is 12.8 Å². The Bertz CT molecular complexity index is 584. The van der Waals surface area contributed by atoms with E-state index in [9.17, 15) is 0 Å². The molecule has 0 fully saturated rings. The van der Waals surface area contributed by atoms with Gasteiger partial charge in [-0.3, -0.25) is 0 Å². The monoisotopic (exact) mass is 272 g/mol. The van der Waals surface area contributed by atoms with Gasteiger partial charge in [0.2, 0.25) is 5.88 Å². The number of pyridine rings is 1. The average Bonchev–Trinajstić information content (AvgIpc) is 2.47. The lowest BCUT2D eigenvalue weighted by atomic mass is 9.98. The van der Waals surface area contributed by atoms with Gasteiger partial charge in [-0.15, -0.1) is 0 Å². The first kappa shape index (κ1) is 14.2. The van der Waals surface area contributed by atoms with Crippen LogP contribution in [-0.4, -0.2) is 28.6 Å². The van der Waals surface area contributed by atoms with Crippen molar-refractivity contribution in [2.45, 2.75) is 26.7 Å². The third-order valence-electron chi connectivity index (χ3n) is 3.02. The van der Waals surface area contributed by atoms with Crippen molar-refractivity contribution in [3.05, 3.63) is 30.2 Å². The summed E-state index contributed by atoms with van der Waals surface area (Å²) in [6, 6.07) is 3.83. The number of methoxy groups -OCH3 is 1. The van der Waals surface area contributed by atoms with Gasteiger partial charge in [-0.2, -0.15) is 0 Å². The molecule has 5 heteroatoms. The first-order valence-corrected chi connectivity index (χ1v) is 6.76. The van der Waals surface area contributed by atoms with E-state index in [2.05, 4.69) is 41.0 Å². The Morgan fingerprint density at radius 2 is 2.05 bits per heavy atom. The number of ether oxygens (including phenoxy) is 1. The minimum atomic E-state index is 0.319. The van der Waals surface area contributed by atoms with Crippen LogP contribution in [0.2, 0.25) is 0 Å². The number of anilines is 1. The number of hydrogen-bond donors (Lipinski definition) is 1. The highest BCUT2D eigenvalue weighted by atomic mass is 16.5. The second kappa shape index (κ2) is 6.32. The quantitative estimate of drug-likeness (QED) is 0.906. The van der Waals surface area contributed by atoms with Crippen molar-refractivity contribution < 1.29 is 4.74 Å². The van der Waals surface area contributed by atoms with Gasteiger partial charge >= 0.3 is 0 Å². The number of hydrogen-bond acceptors (Lipinski definition) is 5. The Balaban J connectivity index is 2.57. The third kappa shape index (κ3) is 2.87. The number of nitrogens with one attached hydrogen (secondary N) is 1. The molecule has 0 aliphatic rings. The highest BCUT2D eigenvalue weighted by Gasteiger charge is 2.16. The van der Waals surface area contributed by atoms with Crippen LogP contribution < -0.4 is 10.1 Å². The normalized spacial score (nSPS) is 10.7. The lowest BCUT2D eigenvalue weighted by Crippen LogP contribution is -2.07. The maximum atomic E-state index is 5.18. The van der Waals surface area contributed by atoms with E-state index in [1.807, 2.05) is 12.1 Å². The first-order valence-electron chi connectivity index (χ1n) is 6.76. The van der Waals surface area contributed by atoms with Crippen LogP contribution in [0.1, 0.15) is 32.3 Å². The molecule has 0 atom stereocenters. The van der Waals surface area contributed by atoms with Gasteiger partial charge in [-0.1, -0.05) is 13.8 Å². The molecule has 2 aromatic heterocycles. The van der Waals surface area contributed by atoms with E-state index < -0.39 is 0 Å². The van der Waals surface area contributed by atoms with Crippen LogP contribution in [0.25, 0.3) is 11.3 Å². The van der Waals surface area contributed by atoms with E-state index >= 15 is 0 Å². The second-order valence-electron chi connectivity index (χ2n) is 4.76. The molecule has 0 spiro atoms. The Hall–Kier alpha value is -2.17. The molecule has 0 aliphatic carbocycles. The summed E-state index contributed by atoms with van der Waals surface area (Å²) in [6.07, 6.45) is 3.32. The van der Waals surface area contributed by atoms with E-state index in [1.54, 1.807) is 19.6 Å². The lowest BCUT2D eigenvalue weighted by molar-refractivity contribution is 0.398. The van der Waals surface area contributed by atoms with Gasteiger partial charge in [0.15, 0.2) is 0 Å². The van der Waals surface area contributed by atoms with E-state index in [0.29, 0.717) is 11.8 Å². The van der Waals surface area contributed by atoms with Crippen LogP contribution in [0.3, 0.4) is 0 Å². The van der Waals surface area contributed by atoms with Gasteiger partial charge in [0.1, 0.15) is 12.1 Å². The molecule has 1 N–H and O–H groups in total. The molecule has 2 rings (SSSR count). The zero-order valence-electron chi connectivity index (χ0n) is 12.3. The molecule has 0 amide bonds. The SMILES string of the molecule is CCNc1ncnc(-c2ccnc(OC)c2)c1C(C)C. The van der Waals surface area contributed by atoms with Gasteiger partial charge in [0.25, 0.3) is 0 Å². The molecule has 106 valence electrons. The minimum absolute atomic E-state index is 0.319. The highest BCUT2D eigenvalue weighted by molar-refractivity contribution is 5.69. The zero-order valence-corrected chi connectivity index (χ0v) is 12.3. The molecule has 0 bridgehead atoms. The Kier molecular flexibility index (Phi) is 4.50. The molecule has 2 heterocycles. The average molecular weight is 272 g/mol. The van der Waals surface area contributed by atoms with Gasteiger partial charge < -0.3 is 10.1 Å². The molecule has 0 radical (unpaired) electrons. The molecule has 0 aromatic carbocycles. The summed E-state index contributed by atoms with van der Waals surface area (Å²) in [6.45, 7) is 7.17.